The largest absolute Gasteiger partial charge is 0.497 e. The molecule has 1 N–H and O–H groups in total. The molecule has 0 radical (unpaired) electrons. The van der Waals surface area contributed by atoms with Gasteiger partial charge in [-0.1, -0.05) is 41.4 Å². The minimum atomic E-state index is -0.204. The quantitative estimate of drug-likeness (QED) is 0.287. The highest BCUT2D eigenvalue weighted by Crippen LogP contribution is 2.42. The number of ether oxygens (including phenoxy) is 1. The lowest BCUT2D eigenvalue weighted by Gasteiger charge is -2.26. The first-order valence-electron chi connectivity index (χ1n) is 10.7. The summed E-state index contributed by atoms with van der Waals surface area (Å²) in [5.74, 6) is 2.24. The van der Waals surface area contributed by atoms with E-state index >= 15 is 0 Å². The molecular weight excluding hydrogens is 489 g/mol. The summed E-state index contributed by atoms with van der Waals surface area (Å²) in [5, 5.41) is 5.19. The Labute approximate surface area is 213 Å². The maximum Gasteiger partial charge on any atom is 0.170 e. The third-order valence-electron chi connectivity index (χ3n) is 5.82. The van der Waals surface area contributed by atoms with Gasteiger partial charge in [-0.15, -0.1) is 0 Å². The van der Waals surface area contributed by atoms with Crippen LogP contribution in [0.5, 0.6) is 5.75 Å². The summed E-state index contributed by atoms with van der Waals surface area (Å²) in [6.45, 7) is 0.599. The van der Waals surface area contributed by atoms with E-state index in [4.69, 9.17) is 44.6 Å². The smallest absolute Gasteiger partial charge is 0.170 e. The first kappa shape index (κ1) is 22.7. The van der Waals surface area contributed by atoms with Gasteiger partial charge >= 0.3 is 0 Å². The minimum Gasteiger partial charge on any atom is -0.497 e. The lowest BCUT2D eigenvalue weighted by Crippen LogP contribution is -2.29. The molecule has 1 saturated heterocycles. The second-order valence-electron chi connectivity index (χ2n) is 7.93. The van der Waals surface area contributed by atoms with Crippen molar-refractivity contribution in [2.24, 2.45) is 0 Å². The Hall–Kier alpha value is -3.06. The summed E-state index contributed by atoms with van der Waals surface area (Å²) in [5.41, 5.74) is 2.76. The van der Waals surface area contributed by atoms with Gasteiger partial charge in [-0.25, -0.2) is 0 Å². The van der Waals surface area contributed by atoms with Gasteiger partial charge < -0.3 is 19.4 Å². The van der Waals surface area contributed by atoms with Gasteiger partial charge in [0.15, 0.2) is 5.11 Å². The minimum absolute atomic E-state index is 0.174. The summed E-state index contributed by atoms with van der Waals surface area (Å²) in [4.78, 5) is 6.71. The Morgan fingerprint density at radius 3 is 2.59 bits per heavy atom. The topological polar surface area (TPSA) is 50.5 Å². The summed E-state index contributed by atoms with van der Waals surface area (Å²) in [7, 11) is 1.66. The van der Waals surface area contributed by atoms with Crippen LogP contribution in [0.25, 0.3) is 11.3 Å². The monoisotopic (exact) mass is 509 g/mol. The zero-order valence-corrected chi connectivity index (χ0v) is 20.6. The van der Waals surface area contributed by atoms with Crippen molar-refractivity contribution >= 4 is 40.5 Å². The number of rotatable bonds is 6. The van der Waals surface area contributed by atoms with Crippen LogP contribution in [-0.2, 0) is 6.54 Å². The van der Waals surface area contributed by atoms with Crippen LogP contribution >= 0.6 is 35.4 Å². The summed E-state index contributed by atoms with van der Waals surface area (Å²) < 4.78 is 11.7. The van der Waals surface area contributed by atoms with Crippen molar-refractivity contribution in [1.82, 2.24) is 15.2 Å². The highest BCUT2D eigenvalue weighted by Gasteiger charge is 2.41. The number of nitrogens with zero attached hydrogens (tertiary/aromatic N) is 2. The molecule has 0 bridgehead atoms. The molecule has 3 heterocycles. The first-order valence-corrected chi connectivity index (χ1v) is 11.9. The second kappa shape index (κ2) is 9.66. The van der Waals surface area contributed by atoms with Crippen molar-refractivity contribution < 1.29 is 9.15 Å². The van der Waals surface area contributed by atoms with Crippen molar-refractivity contribution in [3.05, 3.63) is 106 Å². The first-order chi connectivity index (χ1) is 16.5. The summed E-state index contributed by atoms with van der Waals surface area (Å²) in [6.07, 6.45) is 1.78. The number of benzene rings is 2. The van der Waals surface area contributed by atoms with Gasteiger partial charge in [0.05, 0.1) is 23.9 Å². The molecule has 2 atom stereocenters. The van der Waals surface area contributed by atoms with Crippen LogP contribution in [0.2, 0.25) is 10.0 Å². The fraction of sp³-hybridized carbons (Fsp3) is 0.154. The maximum atomic E-state index is 6.43. The molecular formula is C26H21Cl2N3O2S. The number of furan rings is 1. The van der Waals surface area contributed by atoms with Gasteiger partial charge in [0, 0.05) is 23.3 Å². The van der Waals surface area contributed by atoms with Crippen LogP contribution in [0.3, 0.4) is 0 Å². The lowest BCUT2D eigenvalue weighted by atomic mass is 10.0. The lowest BCUT2D eigenvalue weighted by molar-refractivity contribution is 0.269. The second-order valence-corrected chi connectivity index (χ2v) is 9.16. The number of methoxy groups -OCH3 is 1. The summed E-state index contributed by atoms with van der Waals surface area (Å²) >= 11 is 18.3. The van der Waals surface area contributed by atoms with Crippen LogP contribution < -0.4 is 10.1 Å². The number of thiocarbonyl (C=S) groups is 1. The van der Waals surface area contributed by atoms with E-state index in [1.54, 1.807) is 25.4 Å². The van der Waals surface area contributed by atoms with Crippen molar-refractivity contribution in [3.63, 3.8) is 0 Å². The van der Waals surface area contributed by atoms with E-state index in [9.17, 15) is 0 Å². The molecule has 0 spiro atoms. The molecule has 0 saturated carbocycles. The molecule has 1 fully saturated rings. The normalized spacial score (nSPS) is 17.6. The standard InChI is InChI=1S/C26H21Cl2N3O2S/c1-32-18-8-5-16(6-9-18)15-31-25(24(30-26(31)34)21-4-2-3-13-29-21)23-12-11-22(33-23)19-10-7-17(27)14-20(19)28/h2-14,24-25H,15H2,1H3,(H,30,34)/t24-,25-/m0/s1. The Bertz CT molecular complexity index is 1310. The predicted octanol–water partition coefficient (Wildman–Crippen LogP) is 6.83. The molecule has 2 aromatic carbocycles. The van der Waals surface area contributed by atoms with Crippen molar-refractivity contribution in [1.29, 1.82) is 0 Å². The maximum absolute atomic E-state index is 6.43. The highest BCUT2D eigenvalue weighted by molar-refractivity contribution is 7.80. The van der Waals surface area contributed by atoms with Crippen molar-refractivity contribution in [2.45, 2.75) is 18.6 Å². The van der Waals surface area contributed by atoms with Gasteiger partial charge in [0.25, 0.3) is 0 Å². The van der Waals surface area contributed by atoms with Crippen LogP contribution in [0, 0.1) is 0 Å². The van der Waals surface area contributed by atoms with Gasteiger partial charge in [-0.3, -0.25) is 4.98 Å². The van der Waals surface area contributed by atoms with E-state index in [2.05, 4.69) is 15.2 Å². The van der Waals surface area contributed by atoms with E-state index in [-0.39, 0.29) is 12.1 Å². The number of hydrogen-bond acceptors (Lipinski definition) is 4. The summed E-state index contributed by atoms with van der Waals surface area (Å²) in [6, 6.07) is 22.7. The Morgan fingerprint density at radius 1 is 1.06 bits per heavy atom. The average molecular weight is 510 g/mol. The number of aromatic nitrogens is 1. The third kappa shape index (κ3) is 4.49. The van der Waals surface area contributed by atoms with E-state index < -0.39 is 0 Å². The molecule has 0 unspecified atom stereocenters. The average Bonchev–Trinajstić information content (AvgIpc) is 3.45. The van der Waals surface area contributed by atoms with Gasteiger partial charge in [0.1, 0.15) is 23.3 Å². The van der Waals surface area contributed by atoms with E-state index in [0.717, 1.165) is 28.3 Å². The molecule has 4 aromatic rings. The molecule has 172 valence electrons. The highest BCUT2D eigenvalue weighted by atomic mass is 35.5. The molecule has 2 aromatic heterocycles. The fourth-order valence-corrected chi connectivity index (χ4v) is 4.96. The predicted molar refractivity (Wildman–Crippen MR) is 138 cm³/mol. The SMILES string of the molecule is COc1ccc(CN2C(=S)N[C@@H](c3ccccn3)[C@@H]2c2ccc(-c3ccc(Cl)cc3Cl)o2)cc1. The van der Waals surface area contributed by atoms with Crippen molar-refractivity contribution in [3.8, 4) is 17.1 Å². The van der Waals surface area contributed by atoms with E-state index in [0.29, 0.717) is 27.5 Å². The fourth-order valence-electron chi connectivity index (χ4n) is 4.16. The number of nitrogens with one attached hydrogen (secondary N) is 1. The van der Waals surface area contributed by atoms with Gasteiger partial charge in [0.2, 0.25) is 0 Å². The Balaban J connectivity index is 1.52. The van der Waals surface area contributed by atoms with Crippen molar-refractivity contribution in [2.75, 3.05) is 7.11 Å². The molecule has 0 amide bonds. The van der Waals surface area contributed by atoms with Gasteiger partial charge in [-0.2, -0.15) is 0 Å². The Morgan fingerprint density at radius 2 is 1.88 bits per heavy atom. The molecule has 8 heteroatoms. The number of halogens is 2. The Kier molecular flexibility index (Phi) is 6.46. The number of pyridine rings is 1. The molecule has 5 nitrogen and oxygen atoms in total. The van der Waals surface area contributed by atoms with Crippen LogP contribution in [-0.4, -0.2) is 22.1 Å². The zero-order chi connectivity index (χ0) is 23.7. The van der Waals surface area contributed by atoms with E-state index in [1.165, 1.54) is 0 Å². The van der Waals surface area contributed by atoms with Gasteiger partial charge in [-0.05, 0) is 72.4 Å². The van der Waals surface area contributed by atoms with Crippen LogP contribution in [0.4, 0.5) is 0 Å². The molecule has 1 aliphatic heterocycles. The molecule has 0 aliphatic carbocycles. The zero-order valence-electron chi connectivity index (χ0n) is 18.2. The molecule has 1 aliphatic rings. The molecule has 5 rings (SSSR count). The van der Waals surface area contributed by atoms with E-state index in [1.807, 2.05) is 60.7 Å². The van der Waals surface area contributed by atoms with Crippen LogP contribution in [0.1, 0.15) is 29.1 Å². The third-order valence-corrected chi connectivity index (χ3v) is 6.72. The number of hydrogen-bond donors (Lipinski definition) is 1. The van der Waals surface area contributed by atoms with Crippen LogP contribution in [0.15, 0.2) is 83.4 Å². The molecule has 34 heavy (non-hydrogen) atoms.